The Hall–Kier alpha value is -2.62. The van der Waals surface area contributed by atoms with Gasteiger partial charge in [-0.1, -0.05) is 48.6 Å². The van der Waals surface area contributed by atoms with Gasteiger partial charge >= 0.3 is 0 Å². The van der Waals surface area contributed by atoms with Gasteiger partial charge in [-0.15, -0.1) is 6.42 Å². The monoisotopic (exact) mass is 396 g/mol. The van der Waals surface area contributed by atoms with E-state index < -0.39 is 10.0 Å². The lowest BCUT2D eigenvalue weighted by Crippen LogP contribution is -2.43. The molecule has 5 nitrogen and oxygen atoms in total. The van der Waals surface area contributed by atoms with Crippen LogP contribution in [0.25, 0.3) is 0 Å². The first-order valence-electron chi connectivity index (χ1n) is 9.29. The number of sulfonamides is 1. The fraction of sp³-hybridized carbons (Fsp3) is 0.318. The van der Waals surface area contributed by atoms with Crippen molar-refractivity contribution in [3.63, 3.8) is 0 Å². The first kappa shape index (κ1) is 20.1. The van der Waals surface area contributed by atoms with Crippen molar-refractivity contribution >= 4 is 15.9 Å². The molecule has 2 N–H and O–H groups in total. The van der Waals surface area contributed by atoms with Crippen LogP contribution in [0.1, 0.15) is 47.2 Å². The Morgan fingerprint density at radius 2 is 1.82 bits per heavy atom. The molecule has 1 saturated carbocycles. The number of hydrogen-bond donors (Lipinski definition) is 2. The molecule has 0 saturated heterocycles. The van der Waals surface area contributed by atoms with Crippen molar-refractivity contribution in [3.8, 4) is 12.3 Å². The van der Waals surface area contributed by atoms with Crippen molar-refractivity contribution in [2.75, 3.05) is 6.54 Å². The summed E-state index contributed by atoms with van der Waals surface area (Å²) in [7, 11) is -3.67. The Labute approximate surface area is 166 Å². The molecule has 2 aromatic carbocycles. The number of benzene rings is 2. The maximum absolute atomic E-state index is 12.9. The van der Waals surface area contributed by atoms with Crippen LogP contribution in [0.15, 0.2) is 53.4 Å². The quantitative estimate of drug-likeness (QED) is 0.737. The third kappa shape index (κ3) is 4.27. The SMILES string of the molecule is C#CCNS(=O)(=O)c1ccc(C(=O)NC2(c3cccc(C)c3)CCCC2)cc1. The van der Waals surface area contributed by atoms with Crippen LogP contribution in [0.5, 0.6) is 0 Å². The van der Waals surface area contributed by atoms with Crippen molar-refractivity contribution in [2.24, 2.45) is 0 Å². The van der Waals surface area contributed by atoms with Gasteiger partial charge in [0.05, 0.1) is 17.0 Å². The zero-order chi connectivity index (χ0) is 20.2. The second-order valence-corrected chi connectivity index (χ2v) is 8.93. The number of carbonyl (C=O) groups excluding carboxylic acids is 1. The first-order chi connectivity index (χ1) is 13.4. The summed E-state index contributed by atoms with van der Waals surface area (Å²) in [5.41, 5.74) is 2.33. The average Bonchev–Trinajstić information content (AvgIpc) is 3.16. The normalized spacial score (nSPS) is 15.7. The molecule has 146 valence electrons. The highest BCUT2D eigenvalue weighted by Gasteiger charge is 2.37. The Kier molecular flexibility index (Phi) is 5.87. The number of aryl methyl sites for hydroxylation is 1. The molecule has 6 heteroatoms. The highest BCUT2D eigenvalue weighted by atomic mass is 32.2. The van der Waals surface area contributed by atoms with E-state index in [1.807, 2.05) is 19.1 Å². The summed E-state index contributed by atoms with van der Waals surface area (Å²) < 4.78 is 26.5. The van der Waals surface area contributed by atoms with Gasteiger partial charge in [-0.2, -0.15) is 4.72 Å². The Balaban J connectivity index is 1.81. The molecule has 0 spiro atoms. The zero-order valence-electron chi connectivity index (χ0n) is 15.9. The van der Waals surface area contributed by atoms with Crippen molar-refractivity contribution in [1.29, 1.82) is 0 Å². The Morgan fingerprint density at radius 1 is 1.14 bits per heavy atom. The summed E-state index contributed by atoms with van der Waals surface area (Å²) in [6, 6.07) is 14.1. The van der Waals surface area contributed by atoms with Gasteiger partial charge in [-0.25, -0.2) is 8.42 Å². The van der Waals surface area contributed by atoms with Crippen LogP contribution in [0, 0.1) is 19.3 Å². The van der Waals surface area contributed by atoms with E-state index in [0.717, 1.165) is 36.8 Å². The fourth-order valence-corrected chi connectivity index (χ4v) is 4.64. The molecule has 0 unspecified atom stereocenters. The molecular weight excluding hydrogens is 372 g/mol. The number of terminal acetylenes is 1. The van der Waals surface area contributed by atoms with Crippen molar-refractivity contribution < 1.29 is 13.2 Å². The smallest absolute Gasteiger partial charge is 0.251 e. The summed E-state index contributed by atoms with van der Waals surface area (Å²) in [6.07, 6.45) is 9.01. The highest BCUT2D eigenvalue weighted by Crippen LogP contribution is 2.39. The maximum Gasteiger partial charge on any atom is 0.251 e. The molecule has 0 radical (unpaired) electrons. The molecule has 1 aliphatic rings. The van der Waals surface area contributed by atoms with E-state index in [-0.39, 0.29) is 22.9 Å². The van der Waals surface area contributed by atoms with Gasteiger partial charge in [0.15, 0.2) is 0 Å². The fourth-order valence-electron chi connectivity index (χ4n) is 3.70. The lowest BCUT2D eigenvalue weighted by atomic mass is 9.87. The van der Waals surface area contributed by atoms with Gasteiger partial charge in [0.25, 0.3) is 5.91 Å². The summed E-state index contributed by atoms with van der Waals surface area (Å²) >= 11 is 0. The summed E-state index contributed by atoms with van der Waals surface area (Å²) in [6.45, 7) is 1.96. The minimum absolute atomic E-state index is 0.0774. The molecule has 0 atom stereocenters. The third-order valence-electron chi connectivity index (χ3n) is 5.17. The van der Waals surface area contributed by atoms with Gasteiger partial charge in [0.2, 0.25) is 10.0 Å². The predicted octanol–water partition coefficient (Wildman–Crippen LogP) is 3.11. The van der Waals surface area contributed by atoms with Crippen LogP contribution in [-0.4, -0.2) is 20.9 Å². The van der Waals surface area contributed by atoms with Gasteiger partial charge < -0.3 is 5.32 Å². The Morgan fingerprint density at radius 3 is 2.43 bits per heavy atom. The molecule has 0 aromatic heterocycles. The molecule has 0 bridgehead atoms. The number of amides is 1. The second-order valence-electron chi connectivity index (χ2n) is 7.17. The number of rotatable bonds is 6. The standard InChI is InChI=1S/C22H24N2O3S/c1-3-15-23-28(26,27)20-11-9-18(10-12-20)21(25)24-22(13-4-5-14-22)19-8-6-7-17(2)16-19/h1,6-12,16,23H,4-5,13-15H2,2H3,(H,24,25). The van der Waals surface area contributed by atoms with E-state index in [1.165, 1.54) is 24.3 Å². The number of hydrogen-bond acceptors (Lipinski definition) is 3. The van der Waals surface area contributed by atoms with Gasteiger partial charge in [-0.3, -0.25) is 4.79 Å². The van der Waals surface area contributed by atoms with Crippen LogP contribution in [-0.2, 0) is 15.6 Å². The topological polar surface area (TPSA) is 75.3 Å². The Bertz CT molecular complexity index is 999. The molecule has 1 amide bonds. The van der Waals surface area contributed by atoms with Gasteiger partial charge in [0.1, 0.15) is 0 Å². The van der Waals surface area contributed by atoms with Crippen LogP contribution in [0.4, 0.5) is 0 Å². The number of nitrogens with one attached hydrogen (secondary N) is 2. The van der Waals surface area contributed by atoms with E-state index >= 15 is 0 Å². The van der Waals surface area contributed by atoms with Crippen LogP contribution >= 0.6 is 0 Å². The lowest BCUT2D eigenvalue weighted by Gasteiger charge is -2.31. The van der Waals surface area contributed by atoms with Crippen LogP contribution in [0.2, 0.25) is 0 Å². The first-order valence-corrected chi connectivity index (χ1v) is 10.8. The van der Waals surface area contributed by atoms with Gasteiger partial charge in [0, 0.05) is 5.56 Å². The molecule has 0 heterocycles. The van der Waals surface area contributed by atoms with E-state index in [0.29, 0.717) is 5.56 Å². The molecule has 1 aliphatic carbocycles. The van der Waals surface area contributed by atoms with E-state index in [1.54, 1.807) is 0 Å². The largest absolute Gasteiger partial charge is 0.343 e. The predicted molar refractivity (Wildman–Crippen MR) is 109 cm³/mol. The molecule has 3 rings (SSSR count). The maximum atomic E-state index is 12.9. The third-order valence-corrected chi connectivity index (χ3v) is 6.59. The van der Waals surface area contributed by atoms with E-state index in [4.69, 9.17) is 6.42 Å². The van der Waals surface area contributed by atoms with Crippen molar-refractivity contribution in [3.05, 3.63) is 65.2 Å². The number of carbonyl (C=O) groups is 1. The molecule has 2 aromatic rings. The van der Waals surface area contributed by atoms with E-state index in [2.05, 4.69) is 28.1 Å². The summed E-state index contributed by atoms with van der Waals surface area (Å²) in [4.78, 5) is 13.0. The summed E-state index contributed by atoms with van der Waals surface area (Å²) in [5, 5.41) is 3.21. The molecular formula is C22H24N2O3S. The highest BCUT2D eigenvalue weighted by molar-refractivity contribution is 7.89. The zero-order valence-corrected chi connectivity index (χ0v) is 16.7. The van der Waals surface area contributed by atoms with Crippen LogP contribution in [0.3, 0.4) is 0 Å². The molecule has 28 heavy (non-hydrogen) atoms. The summed E-state index contributed by atoms with van der Waals surface area (Å²) in [5.74, 6) is 2.03. The van der Waals surface area contributed by atoms with Gasteiger partial charge in [-0.05, 0) is 49.6 Å². The average molecular weight is 397 g/mol. The van der Waals surface area contributed by atoms with Crippen LogP contribution < -0.4 is 10.0 Å². The second kappa shape index (κ2) is 8.17. The minimum atomic E-state index is -3.67. The van der Waals surface area contributed by atoms with E-state index in [9.17, 15) is 13.2 Å². The lowest BCUT2D eigenvalue weighted by molar-refractivity contribution is 0.0898. The minimum Gasteiger partial charge on any atom is -0.343 e. The van der Waals surface area contributed by atoms with Crippen molar-refractivity contribution in [1.82, 2.24) is 10.0 Å². The van der Waals surface area contributed by atoms with Crippen molar-refractivity contribution in [2.45, 2.75) is 43.0 Å². The molecule has 0 aliphatic heterocycles. The molecule has 1 fully saturated rings.